The molecular formula is C14H27NO2. The fraction of sp³-hybridized carbons (Fsp3) is 0.929. The van der Waals surface area contributed by atoms with Crippen molar-refractivity contribution in [2.75, 3.05) is 19.7 Å². The zero-order valence-corrected chi connectivity index (χ0v) is 11.4. The summed E-state index contributed by atoms with van der Waals surface area (Å²) in [6.45, 7) is 6.73. The van der Waals surface area contributed by atoms with Crippen LogP contribution < -0.4 is 5.32 Å². The molecule has 1 atom stereocenters. The van der Waals surface area contributed by atoms with Gasteiger partial charge in [-0.2, -0.15) is 0 Å². The number of hydrogen-bond acceptors (Lipinski definition) is 3. The van der Waals surface area contributed by atoms with Crippen molar-refractivity contribution in [1.82, 2.24) is 5.32 Å². The van der Waals surface area contributed by atoms with Crippen molar-refractivity contribution in [2.24, 2.45) is 5.41 Å². The van der Waals surface area contributed by atoms with Gasteiger partial charge in [-0.1, -0.05) is 33.1 Å². The highest BCUT2D eigenvalue weighted by Crippen LogP contribution is 2.33. The van der Waals surface area contributed by atoms with E-state index in [4.69, 9.17) is 4.74 Å². The van der Waals surface area contributed by atoms with Crippen LogP contribution in [-0.2, 0) is 9.53 Å². The van der Waals surface area contributed by atoms with Gasteiger partial charge < -0.3 is 10.1 Å². The number of unbranched alkanes of at least 4 members (excludes halogenated alkanes) is 2. The van der Waals surface area contributed by atoms with Gasteiger partial charge in [-0.15, -0.1) is 0 Å². The molecule has 3 heteroatoms. The van der Waals surface area contributed by atoms with Crippen LogP contribution in [0.3, 0.4) is 0 Å². The molecule has 0 spiro atoms. The third kappa shape index (κ3) is 4.30. The van der Waals surface area contributed by atoms with E-state index in [1.807, 2.05) is 0 Å². The van der Waals surface area contributed by atoms with Gasteiger partial charge in [0, 0.05) is 6.54 Å². The summed E-state index contributed by atoms with van der Waals surface area (Å²) in [6, 6.07) is 0. The van der Waals surface area contributed by atoms with Crippen molar-refractivity contribution in [3.05, 3.63) is 0 Å². The van der Waals surface area contributed by atoms with Gasteiger partial charge in [0.25, 0.3) is 0 Å². The maximum Gasteiger partial charge on any atom is 0.313 e. The molecule has 3 nitrogen and oxygen atoms in total. The first-order valence-corrected chi connectivity index (χ1v) is 7.13. The molecule has 1 rings (SSSR count). The Morgan fingerprint density at radius 3 is 2.71 bits per heavy atom. The van der Waals surface area contributed by atoms with E-state index >= 15 is 0 Å². The first kappa shape index (κ1) is 14.5. The quantitative estimate of drug-likeness (QED) is 0.550. The SMILES string of the molecule is CCCCCOC(=O)C1(CCC)CCCNC1. The smallest absolute Gasteiger partial charge is 0.313 e. The van der Waals surface area contributed by atoms with E-state index in [2.05, 4.69) is 19.2 Å². The monoisotopic (exact) mass is 241 g/mol. The molecule has 17 heavy (non-hydrogen) atoms. The van der Waals surface area contributed by atoms with Crippen LogP contribution in [0.15, 0.2) is 0 Å². The Morgan fingerprint density at radius 2 is 2.12 bits per heavy atom. The second-order valence-electron chi connectivity index (χ2n) is 5.15. The Bertz CT molecular complexity index is 217. The molecule has 1 fully saturated rings. The van der Waals surface area contributed by atoms with Crippen molar-refractivity contribution < 1.29 is 9.53 Å². The first-order valence-electron chi connectivity index (χ1n) is 7.13. The fourth-order valence-corrected chi connectivity index (χ4v) is 2.61. The predicted molar refractivity (Wildman–Crippen MR) is 69.9 cm³/mol. The van der Waals surface area contributed by atoms with E-state index in [-0.39, 0.29) is 11.4 Å². The lowest BCUT2D eigenvalue weighted by molar-refractivity contribution is -0.157. The van der Waals surface area contributed by atoms with Crippen LogP contribution in [0.1, 0.15) is 58.8 Å². The number of piperidine rings is 1. The van der Waals surface area contributed by atoms with Gasteiger partial charge in [0.2, 0.25) is 0 Å². The summed E-state index contributed by atoms with van der Waals surface area (Å²) in [6.07, 6.45) is 7.38. The van der Waals surface area contributed by atoms with Crippen molar-refractivity contribution in [3.63, 3.8) is 0 Å². The molecule has 0 aromatic carbocycles. The maximum absolute atomic E-state index is 12.2. The van der Waals surface area contributed by atoms with E-state index in [0.717, 1.165) is 51.6 Å². The molecule has 1 saturated heterocycles. The summed E-state index contributed by atoms with van der Waals surface area (Å²) in [7, 11) is 0. The standard InChI is InChI=1S/C14H27NO2/c1-3-5-6-11-17-13(16)14(8-4-2)9-7-10-15-12-14/h15H,3-12H2,1-2H3. The average molecular weight is 241 g/mol. The lowest BCUT2D eigenvalue weighted by atomic mass is 9.77. The Labute approximate surface area is 105 Å². The van der Waals surface area contributed by atoms with Crippen LogP contribution in [0.2, 0.25) is 0 Å². The molecule has 0 amide bonds. The van der Waals surface area contributed by atoms with Gasteiger partial charge >= 0.3 is 5.97 Å². The van der Waals surface area contributed by atoms with E-state index in [0.29, 0.717) is 6.61 Å². The van der Waals surface area contributed by atoms with Gasteiger partial charge in [-0.05, 0) is 32.2 Å². The second kappa shape index (κ2) is 7.70. The van der Waals surface area contributed by atoms with Gasteiger partial charge in [-0.25, -0.2) is 0 Å². The van der Waals surface area contributed by atoms with E-state index in [9.17, 15) is 4.79 Å². The highest BCUT2D eigenvalue weighted by atomic mass is 16.5. The lowest BCUT2D eigenvalue weighted by Crippen LogP contribution is -2.46. The number of nitrogens with one attached hydrogen (secondary N) is 1. The van der Waals surface area contributed by atoms with Crippen molar-refractivity contribution in [2.45, 2.75) is 58.8 Å². The van der Waals surface area contributed by atoms with Gasteiger partial charge in [0.15, 0.2) is 0 Å². The van der Waals surface area contributed by atoms with E-state index < -0.39 is 0 Å². The normalized spacial score (nSPS) is 24.6. The minimum Gasteiger partial charge on any atom is -0.465 e. The molecule has 1 unspecified atom stereocenters. The summed E-state index contributed by atoms with van der Waals surface area (Å²) in [5, 5.41) is 3.34. The highest BCUT2D eigenvalue weighted by molar-refractivity contribution is 5.77. The molecule has 1 N–H and O–H groups in total. The minimum absolute atomic E-state index is 0.0302. The molecule has 0 saturated carbocycles. The van der Waals surface area contributed by atoms with Crippen LogP contribution >= 0.6 is 0 Å². The predicted octanol–water partition coefficient (Wildman–Crippen LogP) is 2.89. The summed E-state index contributed by atoms with van der Waals surface area (Å²) >= 11 is 0. The second-order valence-corrected chi connectivity index (χ2v) is 5.15. The number of carbonyl (C=O) groups excluding carboxylic acids is 1. The third-order valence-corrected chi connectivity index (χ3v) is 3.61. The van der Waals surface area contributed by atoms with Crippen LogP contribution in [0.5, 0.6) is 0 Å². The Morgan fingerprint density at radius 1 is 1.29 bits per heavy atom. The van der Waals surface area contributed by atoms with Crippen molar-refractivity contribution >= 4 is 5.97 Å². The molecular weight excluding hydrogens is 214 g/mol. The zero-order chi connectivity index (χ0) is 12.6. The molecule has 100 valence electrons. The summed E-state index contributed by atoms with van der Waals surface area (Å²) in [5.74, 6) is 0.0302. The molecule has 0 aromatic rings. The summed E-state index contributed by atoms with van der Waals surface area (Å²) in [4.78, 5) is 12.2. The third-order valence-electron chi connectivity index (χ3n) is 3.61. The molecule has 1 heterocycles. The van der Waals surface area contributed by atoms with E-state index in [1.54, 1.807) is 0 Å². The molecule has 0 aromatic heterocycles. The zero-order valence-electron chi connectivity index (χ0n) is 11.4. The molecule has 1 aliphatic heterocycles. The molecule has 0 radical (unpaired) electrons. The molecule has 0 aliphatic carbocycles. The highest BCUT2D eigenvalue weighted by Gasteiger charge is 2.39. The minimum atomic E-state index is -0.237. The van der Waals surface area contributed by atoms with Crippen LogP contribution in [-0.4, -0.2) is 25.7 Å². The van der Waals surface area contributed by atoms with Crippen LogP contribution in [0, 0.1) is 5.41 Å². The maximum atomic E-state index is 12.2. The Kier molecular flexibility index (Phi) is 6.56. The van der Waals surface area contributed by atoms with Gasteiger partial charge in [0.05, 0.1) is 12.0 Å². The summed E-state index contributed by atoms with van der Waals surface area (Å²) in [5.41, 5.74) is -0.237. The van der Waals surface area contributed by atoms with Gasteiger partial charge in [0.1, 0.15) is 0 Å². The lowest BCUT2D eigenvalue weighted by Gasteiger charge is -2.35. The van der Waals surface area contributed by atoms with Crippen molar-refractivity contribution in [3.8, 4) is 0 Å². The van der Waals surface area contributed by atoms with Crippen LogP contribution in [0.4, 0.5) is 0 Å². The molecule has 0 bridgehead atoms. The Hall–Kier alpha value is -0.570. The number of rotatable bonds is 7. The number of ether oxygens (including phenoxy) is 1. The van der Waals surface area contributed by atoms with Crippen molar-refractivity contribution in [1.29, 1.82) is 0 Å². The molecule has 1 aliphatic rings. The van der Waals surface area contributed by atoms with E-state index in [1.165, 1.54) is 6.42 Å². The average Bonchev–Trinajstić information content (AvgIpc) is 2.36. The van der Waals surface area contributed by atoms with Gasteiger partial charge in [-0.3, -0.25) is 4.79 Å². The number of hydrogen-bond donors (Lipinski definition) is 1. The summed E-state index contributed by atoms with van der Waals surface area (Å²) < 4.78 is 5.46. The fourth-order valence-electron chi connectivity index (χ4n) is 2.61. The largest absolute Gasteiger partial charge is 0.465 e. The number of carbonyl (C=O) groups is 1. The Balaban J connectivity index is 2.42. The number of esters is 1. The topological polar surface area (TPSA) is 38.3 Å². The van der Waals surface area contributed by atoms with Crippen LogP contribution in [0.25, 0.3) is 0 Å². The first-order chi connectivity index (χ1) is 8.25.